The normalized spacial score (nSPS) is 17.4. The summed E-state index contributed by atoms with van der Waals surface area (Å²) >= 11 is 0. The molecule has 0 unspecified atom stereocenters. The van der Waals surface area contributed by atoms with Gasteiger partial charge in [0, 0.05) is 12.7 Å². The summed E-state index contributed by atoms with van der Waals surface area (Å²) in [5, 5.41) is 12.5. The number of anilines is 1. The summed E-state index contributed by atoms with van der Waals surface area (Å²) in [6.07, 6.45) is 7.76. The van der Waals surface area contributed by atoms with Crippen molar-refractivity contribution in [2.45, 2.75) is 46.0 Å². The molecule has 1 aliphatic rings. The molecule has 0 bridgehead atoms. The fourth-order valence-electron chi connectivity index (χ4n) is 3.45. The Kier molecular flexibility index (Phi) is 4.63. The quantitative estimate of drug-likeness (QED) is 0.829. The topological polar surface area (TPSA) is 62.2 Å². The maximum absolute atomic E-state index is 11.2. The first kappa shape index (κ1) is 14.8. The summed E-state index contributed by atoms with van der Waals surface area (Å²) in [7, 11) is 0. The summed E-state index contributed by atoms with van der Waals surface area (Å²) in [5.74, 6) is -0.305. The monoisotopic (exact) mass is 276 g/mol. The summed E-state index contributed by atoms with van der Waals surface area (Å²) < 4.78 is 0. The highest BCUT2D eigenvalue weighted by molar-refractivity contribution is 5.91. The van der Waals surface area contributed by atoms with E-state index in [0.717, 1.165) is 6.54 Å². The lowest BCUT2D eigenvalue weighted by atomic mass is 9.78. The summed E-state index contributed by atoms with van der Waals surface area (Å²) in [6, 6.07) is 3.58. The molecular formula is C16H24N2O2. The third-order valence-electron chi connectivity index (χ3n) is 4.17. The van der Waals surface area contributed by atoms with Crippen LogP contribution < -0.4 is 5.32 Å². The van der Waals surface area contributed by atoms with Crippen LogP contribution in [0.1, 0.15) is 56.4 Å². The van der Waals surface area contributed by atoms with Crippen molar-refractivity contribution in [2.24, 2.45) is 11.3 Å². The standard InChI is InChI=1S/C16H24N2O2/c1-12(2)10-16(7-3-4-8-16)11-18-13-6-5-9-17-14(13)15(19)20/h5-6,9,12,18H,3-4,7-8,10-11H2,1-2H3,(H,19,20). The van der Waals surface area contributed by atoms with Gasteiger partial charge in [0.05, 0.1) is 5.69 Å². The van der Waals surface area contributed by atoms with E-state index in [2.05, 4.69) is 24.1 Å². The van der Waals surface area contributed by atoms with Crippen LogP contribution in [0.15, 0.2) is 18.3 Å². The SMILES string of the molecule is CC(C)CC1(CNc2cccnc2C(=O)O)CCCC1. The second kappa shape index (κ2) is 6.25. The van der Waals surface area contributed by atoms with Gasteiger partial charge < -0.3 is 10.4 Å². The highest BCUT2D eigenvalue weighted by atomic mass is 16.4. The third kappa shape index (κ3) is 3.50. The van der Waals surface area contributed by atoms with Gasteiger partial charge >= 0.3 is 5.97 Å². The average molecular weight is 276 g/mol. The molecule has 0 atom stereocenters. The number of nitrogens with one attached hydrogen (secondary N) is 1. The van der Waals surface area contributed by atoms with Crippen molar-refractivity contribution < 1.29 is 9.90 Å². The maximum atomic E-state index is 11.2. The number of nitrogens with zero attached hydrogens (tertiary/aromatic N) is 1. The zero-order chi connectivity index (χ0) is 14.6. The Morgan fingerprint density at radius 1 is 1.45 bits per heavy atom. The minimum atomic E-state index is -0.975. The summed E-state index contributed by atoms with van der Waals surface area (Å²) in [6.45, 7) is 5.36. The molecule has 1 aromatic heterocycles. The molecule has 1 heterocycles. The molecular weight excluding hydrogens is 252 g/mol. The second-order valence-electron chi connectivity index (χ2n) is 6.36. The largest absolute Gasteiger partial charge is 0.476 e. The fraction of sp³-hybridized carbons (Fsp3) is 0.625. The zero-order valence-corrected chi connectivity index (χ0v) is 12.4. The van der Waals surface area contributed by atoms with Gasteiger partial charge in [-0.15, -0.1) is 0 Å². The molecule has 0 radical (unpaired) electrons. The lowest BCUT2D eigenvalue weighted by Crippen LogP contribution is -2.29. The van der Waals surface area contributed by atoms with Crippen LogP contribution >= 0.6 is 0 Å². The van der Waals surface area contributed by atoms with Crippen LogP contribution in [0.5, 0.6) is 0 Å². The van der Waals surface area contributed by atoms with Gasteiger partial charge in [-0.2, -0.15) is 0 Å². The maximum Gasteiger partial charge on any atom is 0.356 e. The molecule has 0 aliphatic heterocycles. The number of pyridine rings is 1. The molecule has 2 N–H and O–H groups in total. The number of aromatic nitrogens is 1. The van der Waals surface area contributed by atoms with Gasteiger partial charge in [-0.3, -0.25) is 0 Å². The van der Waals surface area contributed by atoms with E-state index in [4.69, 9.17) is 5.11 Å². The Labute approximate surface area is 120 Å². The lowest BCUT2D eigenvalue weighted by molar-refractivity contribution is 0.0691. The molecule has 1 aliphatic carbocycles. The van der Waals surface area contributed by atoms with E-state index >= 15 is 0 Å². The minimum absolute atomic E-state index is 0.116. The lowest BCUT2D eigenvalue weighted by Gasteiger charge is -2.31. The van der Waals surface area contributed by atoms with Crippen molar-refractivity contribution in [1.82, 2.24) is 4.98 Å². The number of hydrogen-bond donors (Lipinski definition) is 2. The van der Waals surface area contributed by atoms with Crippen LogP contribution in [0.2, 0.25) is 0 Å². The van der Waals surface area contributed by atoms with Crippen LogP contribution in [-0.4, -0.2) is 22.6 Å². The predicted octanol–water partition coefficient (Wildman–Crippen LogP) is 3.80. The first-order valence-electron chi connectivity index (χ1n) is 7.45. The third-order valence-corrected chi connectivity index (χ3v) is 4.17. The van der Waals surface area contributed by atoms with Crippen LogP contribution in [0, 0.1) is 11.3 Å². The van der Waals surface area contributed by atoms with Crippen LogP contribution in [0.25, 0.3) is 0 Å². The van der Waals surface area contributed by atoms with E-state index in [1.807, 2.05) is 0 Å². The van der Waals surface area contributed by atoms with Crippen LogP contribution in [0.3, 0.4) is 0 Å². The molecule has 0 amide bonds. The molecule has 2 rings (SSSR count). The van der Waals surface area contributed by atoms with Crippen molar-refractivity contribution in [3.8, 4) is 0 Å². The number of hydrogen-bond acceptors (Lipinski definition) is 3. The van der Waals surface area contributed by atoms with Crippen molar-refractivity contribution in [3.63, 3.8) is 0 Å². The van der Waals surface area contributed by atoms with Gasteiger partial charge in [0.25, 0.3) is 0 Å². The highest BCUT2D eigenvalue weighted by Gasteiger charge is 2.34. The number of carbonyl (C=O) groups is 1. The Hall–Kier alpha value is -1.58. The molecule has 1 saturated carbocycles. The van der Waals surface area contributed by atoms with E-state index in [-0.39, 0.29) is 5.69 Å². The van der Waals surface area contributed by atoms with E-state index < -0.39 is 5.97 Å². The minimum Gasteiger partial charge on any atom is -0.476 e. The van der Waals surface area contributed by atoms with Gasteiger partial charge in [0.1, 0.15) is 0 Å². The van der Waals surface area contributed by atoms with Crippen molar-refractivity contribution in [3.05, 3.63) is 24.0 Å². The first-order chi connectivity index (χ1) is 9.52. The predicted molar refractivity (Wildman–Crippen MR) is 80.0 cm³/mol. The number of aromatic carboxylic acids is 1. The van der Waals surface area contributed by atoms with Gasteiger partial charge in [0.2, 0.25) is 0 Å². The highest BCUT2D eigenvalue weighted by Crippen LogP contribution is 2.43. The smallest absolute Gasteiger partial charge is 0.356 e. The number of carboxylic acid groups (broad SMARTS) is 1. The Morgan fingerprint density at radius 2 is 2.15 bits per heavy atom. The van der Waals surface area contributed by atoms with Crippen molar-refractivity contribution in [1.29, 1.82) is 0 Å². The van der Waals surface area contributed by atoms with Crippen LogP contribution in [-0.2, 0) is 0 Å². The van der Waals surface area contributed by atoms with Crippen molar-refractivity contribution >= 4 is 11.7 Å². The van der Waals surface area contributed by atoms with Crippen LogP contribution in [0.4, 0.5) is 5.69 Å². The summed E-state index contributed by atoms with van der Waals surface area (Å²) in [4.78, 5) is 15.1. The summed E-state index contributed by atoms with van der Waals surface area (Å²) in [5.41, 5.74) is 1.07. The second-order valence-corrected chi connectivity index (χ2v) is 6.36. The van der Waals surface area contributed by atoms with Gasteiger partial charge in [-0.1, -0.05) is 26.7 Å². The van der Waals surface area contributed by atoms with Gasteiger partial charge in [0.15, 0.2) is 5.69 Å². The van der Waals surface area contributed by atoms with E-state index in [0.29, 0.717) is 17.0 Å². The molecule has 1 aromatic rings. The molecule has 20 heavy (non-hydrogen) atoms. The van der Waals surface area contributed by atoms with E-state index in [1.54, 1.807) is 12.1 Å². The molecule has 0 aromatic carbocycles. The Bertz CT molecular complexity index is 465. The van der Waals surface area contributed by atoms with E-state index in [1.165, 1.54) is 38.3 Å². The van der Waals surface area contributed by atoms with E-state index in [9.17, 15) is 4.79 Å². The fourth-order valence-corrected chi connectivity index (χ4v) is 3.45. The molecule has 0 spiro atoms. The molecule has 0 saturated heterocycles. The molecule has 4 nitrogen and oxygen atoms in total. The molecule has 1 fully saturated rings. The van der Waals surface area contributed by atoms with Gasteiger partial charge in [-0.05, 0) is 42.7 Å². The Balaban J connectivity index is 2.08. The van der Waals surface area contributed by atoms with Gasteiger partial charge in [-0.25, -0.2) is 9.78 Å². The molecule has 110 valence electrons. The van der Waals surface area contributed by atoms with Crippen molar-refractivity contribution in [2.75, 3.05) is 11.9 Å². The number of carboxylic acids is 1. The number of rotatable bonds is 6. The average Bonchev–Trinajstić information content (AvgIpc) is 2.84. The zero-order valence-electron chi connectivity index (χ0n) is 12.4. The molecule has 4 heteroatoms. The first-order valence-corrected chi connectivity index (χ1v) is 7.45. The Morgan fingerprint density at radius 3 is 2.75 bits per heavy atom.